The first kappa shape index (κ1) is 14.7. The Labute approximate surface area is 126 Å². The second kappa shape index (κ2) is 5.50. The van der Waals surface area contributed by atoms with Gasteiger partial charge in [-0.1, -0.05) is 19.8 Å². The molecule has 3 aliphatic rings. The fraction of sp³-hybridized carbons (Fsp3) is 0.875. The van der Waals surface area contributed by atoms with E-state index in [-0.39, 0.29) is 6.03 Å². The molecule has 3 fully saturated rings. The van der Waals surface area contributed by atoms with Crippen LogP contribution in [0.1, 0.15) is 58.3 Å². The summed E-state index contributed by atoms with van der Waals surface area (Å²) in [5.74, 6) is 0.125. The summed E-state index contributed by atoms with van der Waals surface area (Å²) in [6.07, 6.45) is 7.58. The molecule has 0 saturated heterocycles. The fourth-order valence-electron chi connectivity index (χ4n) is 3.55. The van der Waals surface area contributed by atoms with Gasteiger partial charge in [0, 0.05) is 12.6 Å². The van der Waals surface area contributed by atoms with Gasteiger partial charge in [0.05, 0.1) is 0 Å². The van der Waals surface area contributed by atoms with Gasteiger partial charge in [0.15, 0.2) is 0 Å². The van der Waals surface area contributed by atoms with E-state index in [0.29, 0.717) is 30.7 Å². The number of urea groups is 1. The average Bonchev–Trinajstić information content (AvgIpc) is 3.28. The van der Waals surface area contributed by atoms with Crippen LogP contribution in [0.25, 0.3) is 0 Å². The van der Waals surface area contributed by atoms with Crippen LogP contribution in [0.5, 0.6) is 0 Å². The Balaban J connectivity index is 1.68. The number of amides is 2. The third-order valence-electron chi connectivity index (χ3n) is 5.15. The molecule has 2 amide bonds. The Hall–Kier alpha value is -1.26. The molecule has 0 heterocycles. The third kappa shape index (κ3) is 3.33. The second-order valence-electron chi connectivity index (χ2n) is 7.35. The molecule has 2 N–H and O–H groups in total. The highest BCUT2D eigenvalue weighted by Gasteiger charge is 2.45. The van der Waals surface area contributed by atoms with E-state index in [1.54, 1.807) is 0 Å². The zero-order valence-electron chi connectivity index (χ0n) is 12.8. The molecule has 3 saturated carbocycles. The number of hydrogen-bond acceptors (Lipinski definition) is 2. The van der Waals surface area contributed by atoms with E-state index in [0.717, 1.165) is 32.2 Å². The highest BCUT2D eigenvalue weighted by Crippen LogP contribution is 2.36. The topological polar surface area (TPSA) is 69.6 Å². The minimum atomic E-state index is -1.05. The van der Waals surface area contributed by atoms with Gasteiger partial charge < -0.3 is 15.3 Å². The third-order valence-corrected chi connectivity index (χ3v) is 5.15. The smallest absolute Gasteiger partial charge is 0.329 e. The van der Waals surface area contributed by atoms with Gasteiger partial charge >= 0.3 is 12.0 Å². The lowest BCUT2D eigenvalue weighted by Crippen LogP contribution is -2.60. The highest BCUT2D eigenvalue weighted by molar-refractivity contribution is 5.86. The van der Waals surface area contributed by atoms with Crippen LogP contribution in [0.15, 0.2) is 0 Å². The van der Waals surface area contributed by atoms with E-state index in [2.05, 4.69) is 12.2 Å². The van der Waals surface area contributed by atoms with Gasteiger partial charge in [-0.25, -0.2) is 9.59 Å². The summed E-state index contributed by atoms with van der Waals surface area (Å²) >= 11 is 0. The van der Waals surface area contributed by atoms with Crippen molar-refractivity contribution in [3.05, 3.63) is 0 Å². The minimum absolute atomic E-state index is 0.152. The summed E-state index contributed by atoms with van der Waals surface area (Å²) in [6, 6.07) is 0.193. The molecule has 0 aliphatic heterocycles. The Bertz CT molecular complexity index is 431. The minimum Gasteiger partial charge on any atom is -0.480 e. The second-order valence-corrected chi connectivity index (χ2v) is 7.35. The summed E-state index contributed by atoms with van der Waals surface area (Å²) in [4.78, 5) is 26.3. The van der Waals surface area contributed by atoms with Crippen LogP contribution in [-0.4, -0.2) is 40.1 Å². The molecule has 5 nitrogen and oxygen atoms in total. The Kier molecular flexibility index (Phi) is 3.84. The number of nitrogens with one attached hydrogen (secondary N) is 1. The number of carbonyl (C=O) groups is 2. The number of aliphatic carboxylic acids is 1. The molecule has 118 valence electrons. The Morgan fingerprint density at radius 3 is 2.48 bits per heavy atom. The van der Waals surface area contributed by atoms with Crippen molar-refractivity contribution in [1.29, 1.82) is 0 Å². The summed E-state index contributed by atoms with van der Waals surface area (Å²) in [6.45, 7) is 2.88. The zero-order valence-corrected chi connectivity index (χ0v) is 12.8. The molecule has 3 aliphatic carbocycles. The van der Waals surface area contributed by atoms with E-state index in [1.165, 1.54) is 12.8 Å². The molecule has 0 spiro atoms. The summed E-state index contributed by atoms with van der Waals surface area (Å²) in [5, 5.41) is 12.6. The predicted octanol–water partition coefficient (Wildman–Crippen LogP) is 2.60. The van der Waals surface area contributed by atoms with Gasteiger partial charge in [-0.15, -0.1) is 0 Å². The lowest BCUT2D eigenvalue weighted by atomic mass is 9.76. The van der Waals surface area contributed by atoms with Crippen LogP contribution >= 0.6 is 0 Å². The first-order valence-electron chi connectivity index (χ1n) is 8.32. The Morgan fingerprint density at radius 2 is 1.95 bits per heavy atom. The first-order valence-corrected chi connectivity index (χ1v) is 8.32. The number of rotatable bonds is 5. The zero-order chi connectivity index (χ0) is 15.0. The average molecular weight is 294 g/mol. The normalized spacial score (nSPS) is 32.5. The molecule has 5 heteroatoms. The van der Waals surface area contributed by atoms with Crippen LogP contribution < -0.4 is 5.32 Å². The molecule has 21 heavy (non-hydrogen) atoms. The van der Waals surface area contributed by atoms with Crippen molar-refractivity contribution in [2.24, 2.45) is 11.8 Å². The van der Waals surface area contributed by atoms with Crippen LogP contribution in [-0.2, 0) is 4.79 Å². The molecule has 0 aromatic carbocycles. The molecule has 0 radical (unpaired) electrons. The van der Waals surface area contributed by atoms with E-state index in [4.69, 9.17) is 0 Å². The highest BCUT2D eigenvalue weighted by atomic mass is 16.4. The monoisotopic (exact) mass is 294 g/mol. The number of carbonyl (C=O) groups excluding carboxylic acids is 1. The maximum absolute atomic E-state index is 12.6. The van der Waals surface area contributed by atoms with Gasteiger partial charge in [-0.2, -0.15) is 0 Å². The van der Waals surface area contributed by atoms with E-state index < -0.39 is 11.5 Å². The van der Waals surface area contributed by atoms with E-state index in [1.807, 2.05) is 4.90 Å². The van der Waals surface area contributed by atoms with Gasteiger partial charge in [-0.3, -0.25) is 0 Å². The quantitative estimate of drug-likeness (QED) is 0.819. The Morgan fingerprint density at radius 1 is 1.24 bits per heavy atom. The van der Waals surface area contributed by atoms with Crippen LogP contribution in [0.3, 0.4) is 0 Å². The number of nitrogens with zero attached hydrogens (tertiary/aromatic N) is 1. The van der Waals surface area contributed by atoms with Crippen molar-refractivity contribution in [3.8, 4) is 0 Å². The summed E-state index contributed by atoms with van der Waals surface area (Å²) in [7, 11) is 0. The number of carboxylic acid groups (broad SMARTS) is 1. The summed E-state index contributed by atoms with van der Waals surface area (Å²) < 4.78 is 0. The maximum Gasteiger partial charge on any atom is 0.329 e. The lowest BCUT2D eigenvalue weighted by molar-refractivity contribution is -0.146. The molecular formula is C16H26N2O3. The molecule has 2 atom stereocenters. The van der Waals surface area contributed by atoms with Crippen LogP contribution in [0, 0.1) is 11.8 Å². The van der Waals surface area contributed by atoms with Gasteiger partial charge in [0.25, 0.3) is 0 Å². The number of carboxylic acids is 1. The van der Waals surface area contributed by atoms with Gasteiger partial charge in [0.1, 0.15) is 5.54 Å². The van der Waals surface area contributed by atoms with Gasteiger partial charge in [0.2, 0.25) is 0 Å². The number of hydrogen-bond donors (Lipinski definition) is 2. The lowest BCUT2D eigenvalue weighted by Gasteiger charge is -2.38. The van der Waals surface area contributed by atoms with Gasteiger partial charge in [-0.05, 0) is 50.4 Å². The van der Waals surface area contributed by atoms with Crippen molar-refractivity contribution in [1.82, 2.24) is 10.2 Å². The SMILES string of the molecule is CC1CCCC(NC(=O)N(CC2CC2)C2CC2)(C(=O)O)C1. The van der Waals surface area contributed by atoms with Crippen LogP contribution in [0.4, 0.5) is 4.79 Å². The van der Waals surface area contributed by atoms with Crippen molar-refractivity contribution in [3.63, 3.8) is 0 Å². The predicted molar refractivity (Wildman–Crippen MR) is 79.0 cm³/mol. The van der Waals surface area contributed by atoms with Crippen molar-refractivity contribution in [2.75, 3.05) is 6.54 Å². The summed E-state index contributed by atoms with van der Waals surface area (Å²) in [5.41, 5.74) is -1.05. The van der Waals surface area contributed by atoms with Crippen molar-refractivity contribution < 1.29 is 14.7 Å². The van der Waals surface area contributed by atoms with Crippen molar-refractivity contribution in [2.45, 2.75) is 69.9 Å². The first-order chi connectivity index (χ1) is 10.00. The largest absolute Gasteiger partial charge is 0.480 e. The molecule has 0 aromatic rings. The molecular weight excluding hydrogens is 268 g/mol. The van der Waals surface area contributed by atoms with E-state index in [9.17, 15) is 14.7 Å². The molecule has 2 unspecified atom stereocenters. The standard InChI is InChI=1S/C16H26N2O3/c1-11-3-2-8-16(9-11,14(19)20)17-15(21)18(13-6-7-13)10-12-4-5-12/h11-13H,2-10H2,1H3,(H,17,21)(H,19,20). The van der Waals surface area contributed by atoms with Crippen LogP contribution in [0.2, 0.25) is 0 Å². The molecule has 0 aromatic heterocycles. The van der Waals surface area contributed by atoms with E-state index >= 15 is 0 Å². The fourth-order valence-corrected chi connectivity index (χ4v) is 3.55. The maximum atomic E-state index is 12.6. The molecule has 0 bridgehead atoms. The van der Waals surface area contributed by atoms with Crippen molar-refractivity contribution >= 4 is 12.0 Å². The molecule has 3 rings (SSSR count).